The number of anilines is 2. The lowest BCUT2D eigenvalue weighted by atomic mass is 10.1. The van der Waals surface area contributed by atoms with Crippen molar-refractivity contribution in [3.63, 3.8) is 0 Å². The molecule has 0 saturated heterocycles. The molecule has 2 amide bonds. The van der Waals surface area contributed by atoms with Gasteiger partial charge in [0.05, 0.1) is 37.0 Å². The van der Waals surface area contributed by atoms with Crippen molar-refractivity contribution in [2.45, 2.75) is 13.8 Å². The molecule has 0 radical (unpaired) electrons. The first kappa shape index (κ1) is 24.7. The lowest BCUT2D eigenvalue weighted by Gasteiger charge is -2.10. The predicted octanol–water partition coefficient (Wildman–Crippen LogP) is 4.89. The van der Waals surface area contributed by atoms with Crippen LogP contribution in [0, 0.1) is 12.7 Å². The fourth-order valence-electron chi connectivity index (χ4n) is 3.16. The summed E-state index contributed by atoms with van der Waals surface area (Å²) in [5.74, 6) is -1.64. The van der Waals surface area contributed by atoms with Crippen molar-refractivity contribution >= 4 is 39.8 Å². The second kappa shape index (κ2) is 10.8. The van der Waals surface area contributed by atoms with Gasteiger partial charge in [0.15, 0.2) is 11.5 Å². The molecular weight excluding hydrogens is 463 g/mol. The minimum atomic E-state index is -0.691. The Bertz CT molecular complexity index is 1240. The van der Waals surface area contributed by atoms with Gasteiger partial charge >= 0.3 is 5.97 Å². The molecule has 0 spiro atoms. The highest BCUT2D eigenvalue weighted by Crippen LogP contribution is 2.35. The van der Waals surface area contributed by atoms with Gasteiger partial charge in [-0.05, 0) is 49.7 Å². The summed E-state index contributed by atoms with van der Waals surface area (Å²) in [5, 5.41) is 5.30. The zero-order chi connectivity index (χ0) is 24.8. The van der Waals surface area contributed by atoms with Crippen LogP contribution in [0.1, 0.15) is 42.9 Å². The van der Waals surface area contributed by atoms with Crippen molar-refractivity contribution in [1.82, 2.24) is 0 Å². The van der Waals surface area contributed by atoms with Crippen LogP contribution in [0.5, 0.6) is 11.5 Å². The van der Waals surface area contributed by atoms with E-state index in [0.717, 1.165) is 11.3 Å². The Labute approximate surface area is 199 Å². The van der Waals surface area contributed by atoms with E-state index in [1.54, 1.807) is 26.0 Å². The van der Waals surface area contributed by atoms with Crippen molar-refractivity contribution in [1.29, 1.82) is 0 Å². The number of benzene rings is 2. The molecule has 0 aliphatic heterocycles. The lowest BCUT2D eigenvalue weighted by molar-refractivity contribution is 0.0527. The van der Waals surface area contributed by atoms with Gasteiger partial charge in [-0.1, -0.05) is 12.1 Å². The highest BCUT2D eigenvalue weighted by molar-refractivity contribution is 7.19. The molecule has 1 heterocycles. The number of methoxy groups -OCH3 is 2. The SMILES string of the molecule is CCOC(=O)c1c(NC(=O)c2ccc(OC)c(OC)c2)sc(C(=O)Nc2ccccc2F)c1C. The average Bonchev–Trinajstić information content (AvgIpc) is 3.15. The summed E-state index contributed by atoms with van der Waals surface area (Å²) in [4.78, 5) is 38.6. The van der Waals surface area contributed by atoms with Gasteiger partial charge in [-0.2, -0.15) is 0 Å². The summed E-state index contributed by atoms with van der Waals surface area (Å²) in [5.41, 5.74) is 0.601. The van der Waals surface area contributed by atoms with Gasteiger partial charge in [0.1, 0.15) is 10.8 Å². The Morgan fingerprint density at radius 1 is 0.971 bits per heavy atom. The summed E-state index contributed by atoms with van der Waals surface area (Å²) in [7, 11) is 2.92. The number of hydrogen-bond acceptors (Lipinski definition) is 7. The zero-order valence-corrected chi connectivity index (χ0v) is 19.8. The van der Waals surface area contributed by atoms with E-state index >= 15 is 0 Å². The van der Waals surface area contributed by atoms with Crippen molar-refractivity contribution in [3.05, 3.63) is 69.8 Å². The van der Waals surface area contributed by atoms with Gasteiger partial charge < -0.3 is 24.8 Å². The molecule has 0 aliphatic carbocycles. The Kier molecular flexibility index (Phi) is 7.85. The van der Waals surface area contributed by atoms with Crippen LogP contribution in [0.15, 0.2) is 42.5 Å². The Morgan fingerprint density at radius 2 is 1.68 bits per heavy atom. The molecule has 2 N–H and O–H groups in total. The maximum absolute atomic E-state index is 14.0. The molecular formula is C24H23FN2O6S. The molecule has 0 unspecified atom stereocenters. The number of amides is 2. The third-order valence-corrected chi connectivity index (χ3v) is 6.03. The number of rotatable bonds is 8. The number of thiophene rings is 1. The molecule has 10 heteroatoms. The standard InChI is InChI=1S/C24H23FN2O6S/c1-5-33-24(30)19-13(2)20(22(29)26-16-9-7-6-8-15(16)25)34-23(19)27-21(28)14-10-11-17(31-3)18(12-14)32-4/h6-12H,5H2,1-4H3,(H,26,29)(H,27,28). The molecule has 1 aromatic heterocycles. The van der Waals surface area contributed by atoms with Crippen molar-refractivity contribution in [3.8, 4) is 11.5 Å². The van der Waals surface area contributed by atoms with E-state index in [0.29, 0.717) is 17.1 Å². The molecule has 178 valence electrons. The first-order valence-corrected chi connectivity index (χ1v) is 11.0. The number of carbonyl (C=O) groups is 3. The summed E-state index contributed by atoms with van der Waals surface area (Å²) in [6.07, 6.45) is 0. The minimum Gasteiger partial charge on any atom is -0.493 e. The third-order valence-electron chi connectivity index (χ3n) is 4.83. The van der Waals surface area contributed by atoms with E-state index in [2.05, 4.69) is 10.6 Å². The summed E-state index contributed by atoms with van der Waals surface area (Å²) >= 11 is 0.891. The number of para-hydroxylation sites is 1. The monoisotopic (exact) mass is 486 g/mol. The van der Waals surface area contributed by atoms with Gasteiger partial charge in [0.2, 0.25) is 0 Å². The van der Waals surface area contributed by atoms with Gasteiger partial charge in [-0.3, -0.25) is 9.59 Å². The van der Waals surface area contributed by atoms with Crippen LogP contribution < -0.4 is 20.1 Å². The topological polar surface area (TPSA) is 103 Å². The number of nitrogens with one attached hydrogen (secondary N) is 2. The quantitative estimate of drug-likeness (QED) is 0.440. The highest BCUT2D eigenvalue weighted by atomic mass is 32.1. The van der Waals surface area contributed by atoms with Crippen LogP contribution in [0.3, 0.4) is 0 Å². The fraction of sp³-hybridized carbons (Fsp3) is 0.208. The van der Waals surface area contributed by atoms with Crippen LogP contribution in [-0.2, 0) is 4.74 Å². The molecule has 2 aromatic carbocycles. The summed E-state index contributed by atoms with van der Waals surface area (Å²) in [6.45, 7) is 3.31. The van der Waals surface area contributed by atoms with Crippen LogP contribution >= 0.6 is 11.3 Å². The predicted molar refractivity (Wildman–Crippen MR) is 127 cm³/mol. The van der Waals surface area contributed by atoms with Crippen molar-refractivity contribution in [2.75, 3.05) is 31.5 Å². The second-order valence-corrected chi connectivity index (χ2v) is 7.96. The number of halogens is 1. The van der Waals surface area contributed by atoms with Gasteiger partial charge in [-0.15, -0.1) is 11.3 Å². The maximum Gasteiger partial charge on any atom is 0.341 e. The molecule has 3 aromatic rings. The molecule has 8 nitrogen and oxygen atoms in total. The van der Waals surface area contributed by atoms with Crippen LogP contribution in [-0.4, -0.2) is 38.6 Å². The molecule has 3 rings (SSSR count). The highest BCUT2D eigenvalue weighted by Gasteiger charge is 2.27. The fourth-order valence-corrected chi connectivity index (χ4v) is 4.25. The molecule has 0 saturated carbocycles. The number of esters is 1. The van der Waals surface area contributed by atoms with E-state index in [9.17, 15) is 18.8 Å². The Balaban J connectivity index is 1.96. The third kappa shape index (κ3) is 5.18. The van der Waals surface area contributed by atoms with E-state index in [-0.39, 0.29) is 33.3 Å². The largest absolute Gasteiger partial charge is 0.493 e. The number of hydrogen-bond donors (Lipinski definition) is 2. The summed E-state index contributed by atoms with van der Waals surface area (Å²) < 4.78 is 29.5. The molecule has 0 bridgehead atoms. The second-order valence-electron chi connectivity index (χ2n) is 6.94. The molecule has 0 aliphatic rings. The molecule has 34 heavy (non-hydrogen) atoms. The molecule has 0 atom stereocenters. The van der Waals surface area contributed by atoms with Crippen LogP contribution in [0.25, 0.3) is 0 Å². The minimum absolute atomic E-state index is 0.00565. The lowest BCUT2D eigenvalue weighted by Crippen LogP contribution is -2.15. The van der Waals surface area contributed by atoms with Gasteiger partial charge in [-0.25, -0.2) is 9.18 Å². The van der Waals surface area contributed by atoms with Crippen molar-refractivity contribution < 1.29 is 33.0 Å². The Hall–Kier alpha value is -3.92. The average molecular weight is 487 g/mol. The smallest absolute Gasteiger partial charge is 0.341 e. The zero-order valence-electron chi connectivity index (χ0n) is 19.0. The first-order chi connectivity index (χ1) is 16.3. The van der Waals surface area contributed by atoms with Crippen molar-refractivity contribution in [2.24, 2.45) is 0 Å². The summed E-state index contributed by atoms with van der Waals surface area (Å²) in [6, 6.07) is 10.3. The number of ether oxygens (including phenoxy) is 3. The normalized spacial score (nSPS) is 10.4. The van der Waals surface area contributed by atoms with Crippen LogP contribution in [0.4, 0.5) is 15.1 Å². The van der Waals surface area contributed by atoms with Gasteiger partial charge in [0, 0.05) is 5.56 Å². The van der Waals surface area contributed by atoms with E-state index in [4.69, 9.17) is 14.2 Å². The first-order valence-electron chi connectivity index (χ1n) is 10.2. The number of carbonyl (C=O) groups excluding carboxylic acids is 3. The van der Waals surface area contributed by atoms with E-state index in [1.165, 1.54) is 44.6 Å². The van der Waals surface area contributed by atoms with Crippen LogP contribution in [0.2, 0.25) is 0 Å². The van der Waals surface area contributed by atoms with E-state index in [1.807, 2.05) is 0 Å². The maximum atomic E-state index is 14.0. The van der Waals surface area contributed by atoms with Gasteiger partial charge in [0.25, 0.3) is 11.8 Å². The van der Waals surface area contributed by atoms with E-state index < -0.39 is 23.6 Å². The Morgan fingerprint density at radius 3 is 2.32 bits per heavy atom. The molecule has 0 fully saturated rings.